The summed E-state index contributed by atoms with van der Waals surface area (Å²) in [6.45, 7) is 0. The van der Waals surface area contributed by atoms with Crippen molar-refractivity contribution in [2.45, 2.75) is 0 Å². The van der Waals surface area contributed by atoms with Gasteiger partial charge in [0, 0.05) is 0 Å². The van der Waals surface area contributed by atoms with Crippen molar-refractivity contribution in [1.29, 1.82) is 0 Å². The van der Waals surface area contributed by atoms with Crippen molar-refractivity contribution >= 4 is 39.1 Å². The lowest BCUT2D eigenvalue weighted by Crippen LogP contribution is -2.02. The molecule has 0 aliphatic carbocycles. The van der Waals surface area contributed by atoms with Crippen LogP contribution in [0.5, 0.6) is 0 Å². The minimum absolute atomic E-state index is 0.156. The SMILES string of the molecule is Nc1nc(Cl)c(Br)c2nnnn12. The molecule has 2 aromatic rings. The van der Waals surface area contributed by atoms with Crippen molar-refractivity contribution in [2.24, 2.45) is 0 Å². The Morgan fingerprint density at radius 1 is 1.50 bits per heavy atom. The van der Waals surface area contributed by atoms with Gasteiger partial charge in [-0.1, -0.05) is 11.6 Å². The van der Waals surface area contributed by atoms with E-state index in [0.717, 1.165) is 0 Å². The molecule has 0 bridgehead atoms. The third-order valence-corrected chi connectivity index (χ3v) is 2.51. The summed E-state index contributed by atoms with van der Waals surface area (Å²) in [7, 11) is 0. The molecule has 2 aromatic heterocycles. The summed E-state index contributed by atoms with van der Waals surface area (Å²) in [6.07, 6.45) is 0. The maximum Gasteiger partial charge on any atom is 0.226 e. The monoisotopic (exact) mass is 248 g/mol. The predicted molar refractivity (Wildman–Crippen MR) is 45.7 cm³/mol. The zero-order valence-corrected chi connectivity index (χ0v) is 7.91. The van der Waals surface area contributed by atoms with Crippen molar-refractivity contribution < 1.29 is 0 Å². The van der Waals surface area contributed by atoms with Crippen LogP contribution in [-0.2, 0) is 0 Å². The van der Waals surface area contributed by atoms with Gasteiger partial charge in [0.05, 0.1) is 0 Å². The van der Waals surface area contributed by atoms with Gasteiger partial charge in [-0.2, -0.15) is 9.50 Å². The minimum atomic E-state index is 0.156. The standard InChI is InChI=1S/C4H2BrClN6/c5-1-2(6)8-4(7)12-3(1)9-10-11-12/h(H2,7,8). The fourth-order valence-corrected chi connectivity index (χ4v) is 1.27. The molecule has 0 aromatic carbocycles. The van der Waals surface area contributed by atoms with Crippen LogP contribution in [0.2, 0.25) is 5.15 Å². The van der Waals surface area contributed by atoms with Crippen LogP contribution in [0.4, 0.5) is 5.95 Å². The average molecular weight is 249 g/mol. The molecule has 2 rings (SSSR count). The van der Waals surface area contributed by atoms with Gasteiger partial charge in [-0.25, -0.2) is 0 Å². The lowest BCUT2D eigenvalue weighted by Gasteiger charge is -1.98. The van der Waals surface area contributed by atoms with Crippen LogP contribution in [0, 0.1) is 0 Å². The second-order valence-corrected chi connectivity index (χ2v) is 3.14. The Kier molecular flexibility index (Phi) is 1.62. The number of anilines is 1. The smallest absolute Gasteiger partial charge is 0.226 e. The van der Waals surface area contributed by atoms with E-state index >= 15 is 0 Å². The molecular weight excluding hydrogens is 247 g/mol. The second kappa shape index (κ2) is 2.53. The van der Waals surface area contributed by atoms with Gasteiger partial charge >= 0.3 is 0 Å². The number of nitrogen functional groups attached to an aromatic ring is 1. The molecule has 0 aliphatic rings. The van der Waals surface area contributed by atoms with Crippen molar-refractivity contribution in [2.75, 3.05) is 5.73 Å². The van der Waals surface area contributed by atoms with E-state index < -0.39 is 0 Å². The van der Waals surface area contributed by atoms with E-state index in [-0.39, 0.29) is 11.1 Å². The number of hydrogen-bond donors (Lipinski definition) is 1. The number of halogens is 2. The normalized spacial score (nSPS) is 10.8. The largest absolute Gasteiger partial charge is 0.368 e. The summed E-state index contributed by atoms with van der Waals surface area (Å²) < 4.78 is 1.82. The third kappa shape index (κ3) is 0.935. The first kappa shape index (κ1) is 7.69. The summed E-state index contributed by atoms with van der Waals surface area (Å²) in [5, 5.41) is 11.0. The number of hydrogen-bond acceptors (Lipinski definition) is 5. The first-order chi connectivity index (χ1) is 5.70. The van der Waals surface area contributed by atoms with Gasteiger partial charge in [0.1, 0.15) is 4.47 Å². The molecule has 0 aliphatic heterocycles. The van der Waals surface area contributed by atoms with Gasteiger partial charge in [-0.3, -0.25) is 0 Å². The van der Waals surface area contributed by atoms with Crippen LogP contribution in [0.3, 0.4) is 0 Å². The topological polar surface area (TPSA) is 82.0 Å². The quantitative estimate of drug-likeness (QED) is 0.688. The molecule has 0 unspecified atom stereocenters. The summed E-state index contributed by atoms with van der Waals surface area (Å²) in [4.78, 5) is 3.79. The van der Waals surface area contributed by atoms with E-state index in [1.807, 2.05) is 0 Å². The first-order valence-corrected chi connectivity index (χ1v) is 4.06. The number of nitrogens with zero attached hydrogens (tertiary/aromatic N) is 5. The van der Waals surface area contributed by atoms with Crippen LogP contribution in [0.25, 0.3) is 5.65 Å². The molecule has 0 radical (unpaired) electrons. The van der Waals surface area contributed by atoms with Crippen molar-refractivity contribution in [3.05, 3.63) is 9.63 Å². The Morgan fingerprint density at radius 2 is 2.25 bits per heavy atom. The van der Waals surface area contributed by atoms with E-state index in [0.29, 0.717) is 10.1 Å². The molecule has 62 valence electrons. The molecule has 0 saturated heterocycles. The Bertz CT molecular complexity index is 438. The van der Waals surface area contributed by atoms with Crippen LogP contribution >= 0.6 is 27.5 Å². The molecule has 0 atom stereocenters. The Morgan fingerprint density at radius 3 is 3.00 bits per heavy atom. The Hall–Kier alpha value is -0.950. The molecule has 2 heterocycles. The van der Waals surface area contributed by atoms with Gasteiger partial charge in [-0.05, 0) is 26.4 Å². The number of aromatic nitrogens is 5. The number of tetrazole rings is 1. The zero-order valence-electron chi connectivity index (χ0n) is 5.57. The number of nitrogens with two attached hydrogens (primary N) is 1. The molecule has 0 fully saturated rings. The molecule has 8 heteroatoms. The summed E-state index contributed by atoms with van der Waals surface area (Å²) in [5.74, 6) is 0.156. The van der Waals surface area contributed by atoms with Gasteiger partial charge in [0.25, 0.3) is 0 Å². The van der Waals surface area contributed by atoms with Crippen LogP contribution < -0.4 is 5.73 Å². The molecule has 0 amide bonds. The van der Waals surface area contributed by atoms with Gasteiger partial charge in [0.15, 0.2) is 10.8 Å². The van der Waals surface area contributed by atoms with Crippen LogP contribution in [0.1, 0.15) is 0 Å². The Labute approximate surface area is 79.8 Å². The predicted octanol–water partition coefficient (Wildman–Crippen LogP) is 0.517. The highest BCUT2D eigenvalue weighted by atomic mass is 79.9. The minimum Gasteiger partial charge on any atom is -0.368 e. The van der Waals surface area contributed by atoms with Crippen molar-refractivity contribution in [3.8, 4) is 0 Å². The highest BCUT2D eigenvalue weighted by Gasteiger charge is 2.10. The number of fused-ring (bicyclic) bond motifs is 1. The van der Waals surface area contributed by atoms with E-state index in [1.54, 1.807) is 0 Å². The average Bonchev–Trinajstić information content (AvgIpc) is 2.48. The van der Waals surface area contributed by atoms with E-state index in [9.17, 15) is 0 Å². The van der Waals surface area contributed by atoms with Gasteiger partial charge < -0.3 is 5.73 Å². The highest BCUT2D eigenvalue weighted by molar-refractivity contribution is 9.10. The molecule has 6 nitrogen and oxygen atoms in total. The van der Waals surface area contributed by atoms with Gasteiger partial charge in [0.2, 0.25) is 5.95 Å². The maximum absolute atomic E-state index is 5.70. The van der Waals surface area contributed by atoms with E-state index in [4.69, 9.17) is 17.3 Å². The lowest BCUT2D eigenvalue weighted by molar-refractivity contribution is 0.818. The van der Waals surface area contributed by atoms with E-state index in [2.05, 4.69) is 36.4 Å². The van der Waals surface area contributed by atoms with Crippen LogP contribution in [0.15, 0.2) is 4.47 Å². The molecule has 0 saturated carbocycles. The second-order valence-electron chi connectivity index (χ2n) is 1.99. The van der Waals surface area contributed by atoms with Gasteiger partial charge in [-0.15, -0.1) is 5.10 Å². The first-order valence-electron chi connectivity index (χ1n) is 2.88. The summed E-state index contributed by atoms with van der Waals surface area (Å²) in [5.41, 5.74) is 5.93. The highest BCUT2D eigenvalue weighted by Crippen LogP contribution is 2.24. The Balaban J connectivity index is 2.97. The van der Waals surface area contributed by atoms with Crippen molar-refractivity contribution in [3.63, 3.8) is 0 Å². The summed E-state index contributed by atoms with van der Waals surface area (Å²) in [6, 6.07) is 0. The van der Waals surface area contributed by atoms with Crippen molar-refractivity contribution in [1.82, 2.24) is 25.0 Å². The summed E-state index contributed by atoms with van der Waals surface area (Å²) >= 11 is 8.88. The zero-order chi connectivity index (χ0) is 8.72. The molecule has 0 spiro atoms. The molecule has 12 heavy (non-hydrogen) atoms. The fraction of sp³-hybridized carbons (Fsp3) is 0. The third-order valence-electron chi connectivity index (χ3n) is 1.28. The molecule has 2 N–H and O–H groups in total. The lowest BCUT2D eigenvalue weighted by atomic mass is 10.6. The fourth-order valence-electron chi connectivity index (χ4n) is 0.768. The number of rotatable bonds is 0. The maximum atomic E-state index is 5.70. The van der Waals surface area contributed by atoms with E-state index in [1.165, 1.54) is 4.52 Å². The van der Waals surface area contributed by atoms with Crippen LogP contribution in [-0.4, -0.2) is 25.0 Å². The molecular formula is C4H2BrClN6.